The molecule has 0 saturated carbocycles. The van der Waals surface area contributed by atoms with E-state index in [2.05, 4.69) is 15.5 Å². The maximum Gasteiger partial charge on any atom is 0.320 e. The molecule has 0 bridgehead atoms. The molecular weight excluding hydrogens is 238 g/mol. The van der Waals surface area contributed by atoms with E-state index in [9.17, 15) is 10.1 Å². The minimum Gasteiger partial charge on any atom is -0.407 e. The number of nitrogens with one attached hydrogen (secondary N) is 1. The molecule has 0 aliphatic heterocycles. The number of non-ortho nitro benzene ring substituents is 1. The number of nitro groups is 1. The van der Waals surface area contributed by atoms with Gasteiger partial charge in [0.05, 0.1) is 11.0 Å². The van der Waals surface area contributed by atoms with Crippen molar-refractivity contribution in [3.63, 3.8) is 0 Å². The van der Waals surface area contributed by atoms with E-state index in [1.807, 2.05) is 6.07 Å². The van der Waals surface area contributed by atoms with Crippen LogP contribution in [0.25, 0.3) is 0 Å². The summed E-state index contributed by atoms with van der Waals surface area (Å²) in [6.07, 6.45) is 0.0175. The monoisotopic (exact) mass is 245 g/mol. The fourth-order valence-electron chi connectivity index (χ4n) is 1.26. The molecule has 0 atom stereocenters. The quantitative estimate of drug-likeness (QED) is 0.644. The second kappa shape index (κ2) is 4.92. The van der Waals surface area contributed by atoms with Gasteiger partial charge in [-0.25, -0.2) is 0 Å². The minimum atomic E-state index is -0.500. The Bertz CT molecular complexity index is 616. The molecule has 1 aromatic heterocycles. The van der Waals surface area contributed by atoms with Crippen molar-refractivity contribution in [3.05, 3.63) is 40.3 Å². The van der Waals surface area contributed by atoms with E-state index in [0.29, 0.717) is 5.69 Å². The Labute approximate surface area is 101 Å². The van der Waals surface area contributed by atoms with Crippen molar-refractivity contribution in [2.24, 2.45) is 0 Å². The van der Waals surface area contributed by atoms with Gasteiger partial charge in [-0.1, -0.05) is 11.2 Å². The van der Waals surface area contributed by atoms with E-state index in [-0.39, 0.29) is 24.0 Å². The van der Waals surface area contributed by atoms with Gasteiger partial charge in [0, 0.05) is 17.8 Å². The van der Waals surface area contributed by atoms with Crippen molar-refractivity contribution in [1.29, 1.82) is 5.26 Å². The number of nitriles is 1. The molecule has 2 aromatic rings. The van der Waals surface area contributed by atoms with Crippen LogP contribution in [-0.4, -0.2) is 15.1 Å². The van der Waals surface area contributed by atoms with Crippen molar-refractivity contribution in [2.75, 3.05) is 5.32 Å². The molecule has 1 aromatic carbocycles. The second-order valence-electron chi connectivity index (χ2n) is 3.27. The summed E-state index contributed by atoms with van der Waals surface area (Å²) in [5.74, 6) is 0.186. The molecule has 0 aliphatic rings. The topological polar surface area (TPSA) is 118 Å². The van der Waals surface area contributed by atoms with Gasteiger partial charge >= 0.3 is 6.01 Å². The van der Waals surface area contributed by atoms with Gasteiger partial charge in [0.1, 0.15) is 6.42 Å². The predicted molar refractivity (Wildman–Crippen MR) is 60.0 cm³/mol. The Morgan fingerprint density at radius 1 is 1.50 bits per heavy atom. The molecule has 18 heavy (non-hydrogen) atoms. The second-order valence-corrected chi connectivity index (χ2v) is 3.27. The standard InChI is InChI=1S/C10H7N5O3/c11-5-4-9-13-14-10(18-9)12-7-2-1-3-8(6-7)15(16)17/h1-3,6H,4H2,(H,12,14). The van der Waals surface area contributed by atoms with Crippen molar-refractivity contribution in [2.45, 2.75) is 6.42 Å². The smallest absolute Gasteiger partial charge is 0.320 e. The third-order valence-electron chi connectivity index (χ3n) is 2.01. The minimum absolute atomic E-state index is 0.0175. The number of nitro benzene ring substituents is 1. The molecule has 90 valence electrons. The van der Waals surface area contributed by atoms with Crippen molar-refractivity contribution in [3.8, 4) is 6.07 Å². The lowest BCUT2D eigenvalue weighted by Crippen LogP contribution is -1.93. The van der Waals surface area contributed by atoms with Gasteiger partial charge in [0.25, 0.3) is 5.69 Å². The molecule has 0 radical (unpaired) electrons. The van der Waals surface area contributed by atoms with Gasteiger partial charge in [-0.15, -0.1) is 5.10 Å². The van der Waals surface area contributed by atoms with E-state index in [1.54, 1.807) is 6.07 Å². The average Bonchev–Trinajstić information content (AvgIpc) is 2.77. The van der Waals surface area contributed by atoms with Crippen LogP contribution in [0.3, 0.4) is 0 Å². The Hall–Kier alpha value is -2.95. The third kappa shape index (κ3) is 2.59. The first-order valence-electron chi connectivity index (χ1n) is 4.90. The fourth-order valence-corrected chi connectivity index (χ4v) is 1.26. The Morgan fingerprint density at radius 2 is 2.33 bits per heavy atom. The molecule has 8 heteroatoms. The van der Waals surface area contributed by atoms with Crippen LogP contribution in [0, 0.1) is 21.4 Å². The van der Waals surface area contributed by atoms with Gasteiger partial charge < -0.3 is 9.73 Å². The SMILES string of the molecule is N#CCc1nnc(Nc2cccc([N+](=O)[O-])c2)o1. The summed E-state index contributed by atoms with van der Waals surface area (Å²) < 4.78 is 5.10. The van der Waals surface area contributed by atoms with Gasteiger partial charge in [-0.2, -0.15) is 5.26 Å². The third-order valence-corrected chi connectivity index (χ3v) is 2.01. The van der Waals surface area contributed by atoms with Gasteiger partial charge in [0.2, 0.25) is 5.89 Å². The first-order valence-corrected chi connectivity index (χ1v) is 4.90. The first kappa shape index (κ1) is 11.5. The lowest BCUT2D eigenvalue weighted by molar-refractivity contribution is -0.384. The maximum absolute atomic E-state index is 10.6. The van der Waals surface area contributed by atoms with Crippen LogP contribution in [0.1, 0.15) is 5.89 Å². The van der Waals surface area contributed by atoms with Crippen LogP contribution < -0.4 is 5.32 Å². The summed E-state index contributed by atoms with van der Waals surface area (Å²) in [5, 5.41) is 29.0. The molecule has 0 spiro atoms. The number of benzene rings is 1. The van der Waals surface area contributed by atoms with Crippen LogP contribution >= 0.6 is 0 Å². The van der Waals surface area contributed by atoms with Crippen LogP contribution in [0.4, 0.5) is 17.4 Å². The molecule has 8 nitrogen and oxygen atoms in total. The lowest BCUT2D eigenvalue weighted by Gasteiger charge is -1.99. The number of hydrogen-bond acceptors (Lipinski definition) is 7. The van der Waals surface area contributed by atoms with Crippen LogP contribution in [-0.2, 0) is 6.42 Å². The van der Waals surface area contributed by atoms with E-state index in [0.717, 1.165) is 0 Å². The molecule has 2 rings (SSSR count). The van der Waals surface area contributed by atoms with Gasteiger partial charge in [-0.05, 0) is 6.07 Å². The number of anilines is 2. The zero-order valence-electron chi connectivity index (χ0n) is 9.03. The highest BCUT2D eigenvalue weighted by molar-refractivity contribution is 5.56. The number of nitrogens with zero attached hydrogens (tertiary/aromatic N) is 4. The molecule has 0 saturated heterocycles. The predicted octanol–water partition coefficient (Wildman–Crippen LogP) is 1.79. The van der Waals surface area contributed by atoms with Crippen molar-refractivity contribution >= 4 is 17.4 Å². The summed E-state index contributed by atoms with van der Waals surface area (Å²) >= 11 is 0. The number of aromatic nitrogens is 2. The number of rotatable bonds is 4. The van der Waals surface area contributed by atoms with E-state index >= 15 is 0 Å². The zero-order valence-corrected chi connectivity index (χ0v) is 9.03. The largest absolute Gasteiger partial charge is 0.407 e. The molecule has 0 fully saturated rings. The Morgan fingerprint density at radius 3 is 3.06 bits per heavy atom. The maximum atomic E-state index is 10.6. The summed E-state index contributed by atoms with van der Waals surface area (Å²) in [7, 11) is 0. The average molecular weight is 245 g/mol. The highest BCUT2D eigenvalue weighted by atomic mass is 16.6. The van der Waals surface area contributed by atoms with E-state index < -0.39 is 4.92 Å². The van der Waals surface area contributed by atoms with E-state index in [4.69, 9.17) is 9.68 Å². The Kier molecular flexibility index (Phi) is 3.15. The molecule has 0 aliphatic carbocycles. The Balaban J connectivity index is 2.15. The van der Waals surface area contributed by atoms with Crippen molar-refractivity contribution in [1.82, 2.24) is 10.2 Å². The van der Waals surface area contributed by atoms with Crippen LogP contribution in [0.15, 0.2) is 28.7 Å². The molecule has 1 heterocycles. The van der Waals surface area contributed by atoms with Crippen molar-refractivity contribution < 1.29 is 9.34 Å². The molecule has 0 unspecified atom stereocenters. The summed E-state index contributed by atoms with van der Waals surface area (Å²) in [4.78, 5) is 10.1. The molecule has 0 amide bonds. The summed E-state index contributed by atoms with van der Waals surface area (Å²) in [5.41, 5.74) is 0.410. The molecular formula is C10H7N5O3. The normalized spacial score (nSPS) is 9.72. The van der Waals surface area contributed by atoms with Crippen LogP contribution in [0.2, 0.25) is 0 Å². The van der Waals surface area contributed by atoms with Gasteiger partial charge in [-0.3, -0.25) is 10.1 Å². The van der Waals surface area contributed by atoms with Crippen LogP contribution in [0.5, 0.6) is 0 Å². The molecule has 1 N–H and O–H groups in total. The highest BCUT2D eigenvalue weighted by Crippen LogP contribution is 2.20. The highest BCUT2D eigenvalue weighted by Gasteiger charge is 2.09. The fraction of sp³-hybridized carbons (Fsp3) is 0.100. The summed E-state index contributed by atoms with van der Waals surface area (Å²) in [6, 6.07) is 7.83. The first-order chi connectivity index (χ1) is 8.69. The lowest BCUT2D eigenvalue weighted by atomic mass is 10.3. The number of hydrogen-bond donors (Lipinski definition) is 1. The van der Waals surface area contributed by atoms with E-state index in [1.165, 1.54) is 18.2 Å². The summed E-state index contributed by atoms with van der Waals surface area (Å²) in [6.45, 7) is 0. The zero-order chi connectivity index (χ0) is 13.0. The van der Waals surface area contributed by atoms with Gasteiger partial charge in [0.15, 0.2) is 0 Å².